The van der Waals surface area contributed by atoms with E-state index in [4.69, 9.17) is 18.9 Å². The Hall–Kier alpha value is -9.48. The highest BCUT2D eigenvalue weighted by molar-refractivity contribution is 5.79. The molecule has 0 bridgehead atoms. The number of ether oxygens (including phenoxy) is 4. The molecular weight excluding hydrogens is 1240 g/mol. The summed E-state index contributed by atoms with van der Waals surface area (Å²) in [4.78, 5) is 71.7. The monoisotopic (exact) mass is 1340 g/mol. The van der Waals surface area contributed by atoms with Crippen LogP contribution in [0, 0.1) is 6.92 Å². The standard InChI is InChI=1S/C74H102N16O8/c1-15-52-32-60(72(6,7)8)34-54(68(52)96-40-64(92)80-21-17-25-88-48-76-44-84-88)30-56-36-62(74(12,13)14)38-58(70(56)98-42-66(94)82-23-19-27-90-50-78-46-86-90)31-57-37-61(73(9,10)11)35-55(69(57)97-41-65(93)81-22-18-26-89-49-77-45-85-89)29-53-33-59(71(3,4)5)28-51(2)67(53)95-39-63(91)79-20-16-24-87-47-75-43-83-87/h28,32-38,43-50H,15-27,29-31,39-42H2,1-14H3,(H,79,91)(H,80,92)(H,81,93)(H,82,94). The largest absolute Gasteiger partial charge is 0.483 e. The number of aryl methyl sites for hydroxylation is 6. The van der Waals surface area contributed by atoms with Gasteiger partial charge >= 0.3 is 0 Å². The van der Waals surface area contributed by atoms with E-state index >= 15 is 0 Å². The molecule has 0 saturated carbocycles. The van der Waals surface area contributed by atoms with E-state index in [2.05, 4.69) is 200 Å². The maximum Gasteiger partial charge on any atom is 0.257 e. The maximum absolute atomic E-state index is 14.2. The molecular formula is C74H102N16O8. The van der Waals surface area contributed by atoms with Gasteiger partial charge in [-0.1, -0.05) is 139 Å². The summed E-state index contributed by atoms with van der Waals surface area (Å²) in [5, 5.41) is 29.0. The molecule has 0 radical (unpaired) electrons. The summed E-state index contributed by atoms with van der Waals surface area (Å²) >= 11 is 0. The Kier molecular flexibility index (Phi) is 25.9. The number of carbonyl (C=O) groups excluding carboxylic acids is 4. The minimum absolute atomic E-state index is 0.211. The molecule has 0 atom stereocenters. The molecule has 0 aliphatic heterocycles. The minimum atomic E-state index is -0.401. The molecule has 8 aromatic rings. The van der Waals surface area contributed by atoms with Crippen molar-refractivity contribution in [1.29, 1.82) is 0 Å². The first kappa shape index (κ1) is 74.3. The van der Waals surface area contributed by atoms with Gasteiger partial charge in [0, 0.05) is 71.6 Å². The van der Waals surface area contributed by atoms with Crippen LogP contribution in [0.3, 0.4) is 0 Å². The van der Waals surface area contributed by atoms with E-state index in [1.165, 1.54) is 25.3 Å². The fourth-order valence-corrected chi connectivity index (χ4v) is 11.3. The van der Waals surface area contributed by atoms with Gasteiger partial charge in [0.05, 0.1) is 0 Å². The maximum atomic E-state index is 14.2. The van der Waals surface area contributed by atoms with Crippen LogP contribution in [0.15, 0.2) is 99.1 Å². The van der Waals surface area contributed by atoms with Crippen LogP contribution >= 0.6 is 0 Å². The molecule has 0 unspecified atom stereocenters. The summed E-state index contributed by atoms with van der Waals surface area (Å²) in [6.07, 6.45) is 16.5. The molecule has 24 heteroatoms. The summed E-state index contributed by atoms with van der Waals surface area (Å²) < 4.78 is 34.2. The van der Waals surface area contributed by atoms with Crippen molar-refractivity contribution in [1.82, 2.24) is 80.3 Å². The highest BCUT2D eigenvalue weighted by Gasteiger charge is 2.29. The molecule has 98 heavy (non-hydrogen) atoms. The number of nitrogens with one attached hydrogen (secondary N) is 4. The number of nitrogens with zero attached hydrogens (tertiary/aromatic N) is 12. The van der Waals surface area contributed by atoms with Gasteiger partial charge in [0.15, 0.2) is 26.4 Å². The van der Waals surface area contributed by atoms with E-state index in [-0.39, 0.29) is 67.3 Å². The number of hydrogen-bond donors (Lipinski definition) is 4. The van der Waals surface area contributed by atoms with Crippen molar-refractivity contribution >= 4 is 23.6 Å². The molecule has 0 aliphatic carbocycles. The Bertz CT molecular complexity index is 3880. The van der Waals surface area contributed by atoms with E-state index in [1.807, 2.05) is 6.92 Å². The lowest BCUT2D eigenvalue weighted by atomic mass is 9.80. The molecule has 8 rings (SSSR count). The lowest BCUT2D eigenvalue weighted by Gasteiger charge is -2.28. The summed E-state index contributed by atoms with van der Waals surface area (Å²) in [6, 6.07) is 17.3. The quantitative estimate of drug-likeness (QED) is 0.0269. The third-order valence-electron chi connectivity index (χ3n) is 16.9. The normalized spacial score (nSPS) is 11.9. The average Bonchev–Trinajstić information content (AvgIpc) is 0.942. The van der Waals surface area contributed by atoms with Gasteiger partial charge in [0.25, 0.3) is 23.6 Å². The van der Waals surface area contributed by atoms with Crippen molar-refractivity contribution in [2.45, 2.75) is 196 Å². The first-order valence-corrected chi connectivity index (χ1v) is 34.1. The molecule has 4 heterocycles. The topological polar surface area (TPSA) is 276 Å². The number of amides is 4. The molecule has 24 nitrogen and oxygen atoms in total. The van der Waals surface area contributed by atoms with Gasteiger partial charge in [0.1, 0.15) is 73.6 Å². The van der Waals surface area contributed by atoms with Crippen LogP contribution in [0.2, 0.25) is 0 Å². The van der Waals surface area contributed by atoms with Crippen molar-refractivity contribution in [2.24, 2.45) is 0 Å². The van der Waals surface area contributed by atoms with Gasteiger partial charge in [-0.15, -0.1) is 0 Å². The Morgan fingerprint density at radius 2 is 0.592 bits per heavy atom. The fourth-order valence-electron chi connectivity index (χ4n) is 11.3. The summed E-state index contributed by atoms with van der Waals surface area (Å²) in [6.45, 7) is 33.1. The second kappa shape index (κ2) is 34.1. The van der Waals surface area contributed by atoms with E-state index < -0.39 is 10.8 Å². The highest BCUT2D eigenvalue weighted by atomic mass is 16.5. The number of benzene rings is 4. The van der Waals surface area contributed by atoms with E-state index in [1.54, 1.807) is 44.0 Å². The third kappa shape index (κ3) is 22.3. The number of aromatic nitrogens is 12. The Morgan fingerprint density at radius 1 is 0.357 bits per heavy atom. The van der Waals surface area contributed by atoms with Crippen LogP contribution in [0.25, 0.3) is 0 Å². The number of carbonyl (C=O) groups is 4. The lowest BCUT2D eigenvalue weighted by Crippen LogP contribution is -2.31. The highest BCUT2D eigenvalue weighted by Crippen LogP contribution is 2.43. The second-order valence-corrected chi connectivity index (χ2v) is 29.1. The van der Waals surface area contributed by atoms with E-state index in [0.717, 1.165) is 66.8 Å². The summed E-state index contributed by atoms with van der Waals surface area (Å²) in [5.74, 6) is 1.07. The van der Waals surface area contributed by atoms with Crippen molar-refractivity contribution in [3.8, 4) is 23.0 Å². The van der Waals surface area contributed by atoms with Gasteiger partial charge < -0.3 is 40.2 Å². The van der Waals surface area contributed by atoms with Crippen molar-refractivity contribution in [3.63, 3.8) is 0 Å². The molecule has 0 spiro atoms. The smallest absolute Gasteiger partial charge is 0.257 e. The molecule has 526 valence electrons. The van der Waals surface area contributed by atoms with Gasteiger partial charge in [-0.05, 0) is 127 Å². The summed E-state index contributed by atoms with van der Waals surface area (Å²) in [5.41, 5.74) is 9.53. The number of rotatable bonds is 35. The molecule has 0 saturated heterocycles. The van der Waals surface area contributed by atoms with Crippen LogP contribution in [-0.4, -0.2) is 135 Å². The first-order valence-electron chi connectivity index (χ1n) is 34.1. The van der Waals surface area contributed by atoms with Crippen LogP contribution in [-0.2, 0) is 92.7 Å². The first-order chi connectivity index (χ1) is 46.6. The lowest BCUT2D eigenvalue weighted by molar-refractivity contribution is -0.123. The molecule has 0 aliphatic rings. The SMILES string of the molecule is CCc1cc(C(C)(C)C)cc(Cc2cc(C(C)(C)C)cc(Cc3cc(C(C)(C)C)cc(Cc4cc(C(C)(C)C)cc(C)c4OCC(=O)NCCCn4cncn4)c3OCC(=O)NCCCn3cncn3)c2OCC(=O)NCCCn2cncn2)c1OCC(=O)NCCCn1cncn1. The Labute approximate surface area is 577 Å². The second-order valence-electron chi connectivity index (χ2n) is 29.1. The zero-order chi connectivity index (χ0) is 70.6. The van der Waals surface area contributed by atoms with Crippen LogP contribution in [0.4, 0.5) is 0 Å². The molecule has 4 amide bonds. The fraction of sp³-hybridized carbons (Fsp3) is 0.514. The van der Waals surface area contributed by atoms with Crippen LogP contribution in [0.1, 0.15) is 182 Å². The van der Waals surface area contributed by atoms with E-state index in [0.29, 0.717) is 120 Å². The van der Waals surface area contributed by atoms with Crippen molar-refractivity contribution in [3.05, 3.63) is 166 Å². The van der Waals surface area contributed by atoms with Gasteiger partial charge in [-0.25, -0.2) is 19.9 Å². The minimum Gasteiger partial charge on any atom is -0.483 e. The zero-order valence-corrected chi connectivity index (χ0v) is 60.0. The Balaban J connectivity index is 1.24. The molecule has 4 aromatic carbocycles. The average molecular weight is 1340 g/mol. The van der Waals surface area contributed by atoms with Crippen molar-refractivity contribution in [2.75, 3.05) is 52.6 Å². The van der Waals surface area contributed by atoms with Gasteiger partial charge in [0.2, 0.25) is 0 Å². The predicted molar refractivity (Wildman–Crippen MR) is 376 cm³/mol. The number of hydrogen-bond acceptors (Lipinski definition) is 16. The Morgan fingerprint density at radius 3 is 0.837 bits per heavy atom. The van der Waals surface area contributed by atoms with E-state index in [9.17, 15) is 19.2 Å². The van der Waals surface area contributed by atoms with Crippen LogP contribution in [0.5, 0.6) is 23.0 Å². The van der Waals surface area contributed by atoms with Crippen molar-refractivity contribution < 1.29 is 38.1 Å². The van der Waals surface area contributed by atoms with Gasteiger partial charge in [-0.2, -0.15) is 20.4 Å². The summed E-state index contributed by atoms with van der Waals surface area (Å²) in [7, 11) is 0. The van der Waals surface area contributed by atoms with Crippen LogP contribution < -0.4 is 40.2 Å². The zero-order valence-electron chi connectivity index (χ0n) is 60.0. The third-order valence-corrected chi connectivity index (χ3v) is 16.9. The molecule has 0 fully saturated rings. The predicted octanol–water partition coefficient (Wildman–Crippen LogP) is 9.23. The molecule has 4 aromatic heterocycles. The van der Waals surface area contributed by atoms with Gasteiger partial charge in [-0.3, -0.25) is 37.9 Å². The molecule has 4 N–H and O–H groups in total.